The molecule has 134 valence electrons. The molecule has 9 heteroatoms. The minimum absolute atomic E-state index is 0.231. The van der Waals surface area contributed by atoms with Crippen LogP contribution in [0, 0.1) is 0 Å². The van der Waals surface area contributed by atoms with E-state index in [0.29, 0.717) is 22.2 Å². The number of alkyl halides is 3. The number of rotatable bonds is 3. The van der Waals surface area contributed by atoms with Crippen molar-refractivity contribution in [3.8, 4) is 0 Å². The average molecular weight is 380 g/mol. The fourth-order valence-electron chi connectivity index (χ4n) is 2.88. The lowest BCUT2D eigenvalue weighted by Crippen LogP contribution is -2.12. The first-order valence-corrected chi connectivity index (χ1v) is 8.06. The van der Waals surface area contributed by atoms with Crippen LogP contribution >= 0.6 is 11.6 Å². The van der Waals surface area contributed by atoms with Crippen molar-refractivity contribution in [1.82, 2.24) is 14.6 Å². The summed E-state index contributed by atoms with van der Waals surface area (Å²) < 4.78 is 40.4. The summed E-state index contributed by atoms with van der Waals surface area (Å²) >= 11 is 6.05. The third kappa shape index (κ3) is 2.72. The van der Waals surface area contributed by atoms with Gasteiger partial charge >= 0.3 is 6.18 Å². The highest BCUT2D eigenvalue weighted by molar-refractivity contribution is 6.31. The predicted octanol–water partition coefficient (Wildman–Crippen LogP) is 5.11. The molecule has 0 saturated heterocycles. The standard InChI is InChI=1S/C17H13ClF3N5/c1-22-26-15-5-2-9(17(19,20)21)6-13(15)24-16(26)25-14-8-23-12-4-3-10(18)7-11(12)14/h2-8,22-23H,1H3,(H,24,25). The summed E-state index contributed by atoms with van der Waals surface area (Å²) in [6.45, 7) is 0. The van der Waals surface area contributed by atoms with Gasteiger partial charge in [-0.1, -0.05) is 11.6 Å². The van der Waals surface area contributed by atoms with Gasteiger partial charge in [0.25, 0.3) is 0 Å². The SMILES string of the molecule is CNn1c(Nc2c[nH]c3ccc(Cl)cc23)nc2cc(C(F)(F)F)ccc21. The first kappa shape index (κ1) is 16.6. The van der Waals surface area contributed by atoms with Crippen LogP contribution in [0.25, 0.3) is 21.9 Å². The summed E-state index contributed by atoms with van der Waals surface area (Å²) in [6, 6.07) is 8.86. The van der Waals surface area contributed by atoms with E-state index in [4.69, 9.17) is 11.6 Å². The summed E-state index contributed by atoms with van der Waals surface area (Å²) in [5.41, 5.74) is 4.53. The zero-order valence-corrected chi connectivity index (χ0v) is 14.2. The molecule has 2 aromatic heterocycles. The first-order chi connectivity index (χ1) is 12.4. The van der Waals surface area contributed by atoms with Gasteiger partial charge < -0.3 is 15.7 Å². The summed E-state index contributed by atoms with van der Waals surface area (Å²) in [5.74, 6) is 0.364. The summed E-state index contributed by atoms with van der Waals surface area (Å²) in [7, 11) is 1.66. The number of aromatic nitrogens is 3. The Balaban J connectivity index is 1.81. The monoisotopic (exact) mass is 379 g/mol. The van der Waals surface area contributed by atoms with Crippen LogP contribution < -0.4 is 10.7 Å². The molecule has 0 radical (unpaired) electrons. The molecule has 26 heavy (non-hydrogen) atoms. The Morgan fingerprint density at radius 3 is 2.69 bits per heavy atom. The smallest absolute Gasteiger partial charge is 0.359 e. The van der Waals surface area contributed by atoms with Gasteiger partial charge in [0.2, 0.25) is 5.95 Å². The number of hydrogen-bond acceptors (Lipinski definition) is 3. The van der Waals surface area contributed by atoms with Crippen molar-refractivity contribution in [1.29, 1.82) is 0 Å². The second-order valence-electron chi connectivity index (χ2n) is 5.71. The highest BCUT2D eigenvalue weighted by atomic mass is 35.5. The van der Waals surface area contributed by atoms with Crippen molar-refractivity contribution in [3.05, 3.63) is 53.2 Å². The van der Waals surface area contributed by atoms with Crippen LogP contribution in [0.5, 0.6) is 0 Å². The lowest BCUT2D eigenvalue weighted by molar-refractivity contribution is -0.137. The quantitative estimate of drug-likeness (QED) is 0.464. The van der Waals surface area contributed by atoms with E-state index < -0.39 is 11.7 Å². The lowest BCUT2D eigenvalue weighted by Gasteiger charge is -2.09. The molecule has 3 N–H and O–H groups in total. The van der Waals surface area contributed by atoms with Gasteiger partial charge in [0.05, 0.1) is 22.3 Å². The molecule has 2 heterocycles. The van der Waals surface area contributed by atoms with Gasteiger partial charge in [-0.25, -0.2) is 9.66 Å². The Morgan fingerprint density at radius 2 is 1.96 bits per heavy atom. The molecule has 0 fully saturated rings. The van der Waals surface area contributed by atoms with Crippen LogP contribution in [-0.4, -0.2) is 21.7 Å². The van der Waals surface area contributed by atoms with Crippen LogP contribution in [0.3, 0.4) is 0 Å². The second-order valence-corrected chi connectivity index (χ2v) is 6.15. The Labute approximate surface area is 150 Å². The molecule has 0 aliphatic rings. The van der Waals surface area contributed by atoms with Gasteiger partial charge in [0.15, 0.2) is 0 Å². The number of benzene rings is 2. The van der Waals surface area contributed by atoms with Crippen molar-refractivity contribution < 1.29 is 13.2 Å². The number of nitrogens with zero attached hydrogens (tertiary/aromatic N) is 2. The molecule has 0 bridgehead atoms. The fourth-order valence-corrected chi connectivity index (χ4v) is 3.06. The van der Waals surface area contributed by atoms with E-state index in [1.165, 1.54) is 6.07 Å². The van der Waals surface area contributed by atoms with Crippen LogP contribution in [-0.2, 0) is 6.18 Å². The van der Waals surface area contributed by atoms with Crippen LogP contribution in [0.4, 0.5) is 24.8 Å². The summed E-state index contributed by atoms with van der Waals surface area (Å²) in [4.78, 5) is 7.41. The van der Waals surface area contributed by atoms with Crippen molar-refractivity contribution >= 4 is 45.2 Å². The predicted molar refractivity (Wildman–Crippen MR) is 96.6 cm³/mol. The molecule has 0 spiro atoms. The Bertz CT molecular complexity index is 1110. The van der Waals surface area contributed by atoms with Crippen LogP contribution in [0.15, 0.2) is 42.6 Å². The van der Waals surface area contributed by atoms with E-state index >= 15 is 0 Å². The molecule has 4 rings (SSSR count). The van der Waals surface area contributed by atoms with Crippen LogP contribution in [0.1, 0.15) is 5.56 Å². The highest BCUT2D eigenvalue weighted by Crippen LogP contribution is 2.33. The summed E-state index contributed by atoms with van der Waals surface area (Å²) in [6.07, 6.45) is -2.67. The number of nitrogens with one attached hydrogen (secondary N) is 3. The maximum Gasteiger partial charge on any atom is 0.416 e. The Morgan fingerprint density at radius 1 is 1.15 bits per heavy atom. The van der Waals surface area contributed by atoms with E-state index in [1.807, 2.05) is 6.07 Å². The second kappa shape index (κ2) is 5.84. The first-order valence-electron chi connectivity index (χ1n) is 7.68. The Hall–Kier alpha value is -2.87. The number of aromatic amines is 1. The van der Waals surface area contributed by atoms with Crippen molar-refractivity contribution in [2.45, 2.75) is 6.18 Å². The Kier molecular flexibility index (Phi) is 3.73. The van der Waals surface area contributed by atoms with E-state index in [2.05, 4.69) is 20.7 Å². The van der Waals surface area contributed by atoms with Crippen molar-refractivity contribution in [3.63, 3.8) is 0 Å². The molecular formula is C17H13ClF3N5. The van der Waals surface area contributed by atoms with Crippen LogP contribution in [0.2, 0.25) is 5.02 Å². The molecule has 5 nitrogen and oxygen atoms in total. The molecule has 0 unspecified atom stereocenters. The minimum Gasteiger partial charge on any atom is -0.359 e. The summed E-state index contributed by atoms with van der Waals surface area (Å²) in [5, 5.41) is 4.57. The number of anilines is 2. The molecule has 0 saturated carbocycles. The largest absolute Gasteiger partial charge is 0.416 e. The third-order valence-corrected chi connectivity index (χ3v) is 4.33. The lowest BCUT2D eigenvalue weighted by atomic mass is 10.2. The maximum absolute atomic E-state index is 12.9. The van der Waals surface area contributed by atoms with E-state index in [0.717, 1.165) is 23.0 Å². The fraction of sp³-hybridized carbons (Fsp3) is 0.118. The molecule has 0 aliphatic carbocycles. The molecule has 0 aliphatic heterocycles. The number of H-pyrrole nitrogens is 1. The van der Waals surface area contributed by atoms with Gasteiger partial charge in [0.1, 0.15) is 0 Å². The molecule has 2 aromatic carbocycles. The van der Waals surface area contributed by atoms with Gasteiger partial charge in [-0.3, -0.25) is 0 Å². The van der Waals surface area contributed by atoms with Crippen molar-refractivity contribution in [2.75, 3.05) is 17.8 Å². The highest BCUT2D eigenvalue weighted by Gasteiger charge is 2.31. The van der Waals surface area contributed by atoms with Gasteiger partial charge in [-0.2, -0.15) is 13.2 Å². The van der Waals surface area contributed by atoms with Gasteiger partial charge in [0, 0.05) is 29.2 Å². The molecule has 4 aromatic rings. The maximum atomic E-state index is 12.9. The minimum atomic E-state index is -4.42. The normalized spacial score (nSPS) is 12.0. The third-order valence-electron chi connectivity index (χ3n) is 4.10. The van der Waals surface area contributed by atoms with Gasteiger partial charge in [-0.05, 0) is 36.4 Å². The number of hydrogen-bond donors (Lipinski definition) is 3. The van der Waals surface area contributed by atoms with Gasteiger partial charge in [-0.15, -0.1) is 0 Å². The molecule has 0 atom stereocenters. The number of halogens is 4. The van der Waals surface area contributed by atoms with Crippen molar-refractivity contribution in [2.24, 2.45) is 0 Å². The zero-order valence-electron chi connectivity index (χ0n) is 13.4. The average Bonchev–Trinajstić information content (AvgIpc) is 3.14. The topological polar surface area (TPSA) is 57.7 Å². The molecular weight excluding hydrogens is 367 g/mol. The van der Waals surface area contributed by atoms with E-state index in [1.54, 1.807) is 30.1 Å². The molecule has 0 amide bonds. The number of fused-ring (bicyclic) bond motifs is 2. The zero-order chi connectivity index (χ0) is 18.5. The van der Waals surface area contributed by atoms with E-state index in [9.17, 15) is 13.2 Å². The van der Waals surface area contributed by atoms with E-state index in [-0.39, 0.29) is 5.52 Å². The number of imidazole rings is 1.